The van der Waals surface area contributed by atoms with Gasteiger partial charge in [-0.25, -0.2) is 0 Å². The molecule has 0 spiro atoms. The van der Waals surface area contributed by atoms with Crippen molar-refractivity contribution in [2.45, 2.75) is 13.8 Å². The molecule has 2 amide bonds. The normalized spacial score (nSPS) is 22.6. The number of carbonyl (C=O) groups excluding carboxylic acids is 2. The minimum atomic E-state index is -0.324. The molecule has 1 saturated heterocycles. The fraction of sp³-hybridized carbons (Fsp3) is 0.429. The molecule has 1 aliphatic rings. The molecule has 19 heavy (non-hydrogen) atoms. The fourth-order valence-corrected chi connectivity index (χ4v) is 2.71. The topological polar surface area (TPSA) is 63.4 Å². The predicted molar refractivity (Wildman–Crippen MR) is 76.6 cm³/mol. The number of likely N-dealkylation sites (tertiary alicyclic amines) is 1. The Labute approximate surface area is 121 Å². The summed E-state index contributed by atoms with van der Waals surface area (Å²) in [5, 5.41) is 0. The molecule has 5 heteroatoms. The van der Waals surface area contributed by atoms with Crippen LogP contribution in [-0.2, 0) is 4.79 Å². The minimum Gasteiger partial charge on any atom is -0.369 e. The van der Waals surface area contributed by atoms with Gasteiger partial charge >= 0.3 is 0 Å². The van der Waals surface area contributed by atoms with E-state index in [9.17, 15) is 9.59 Å². The number of halogens is 1. The van der Waals surface area contributed by atoms with Gasteiger partial charge in [0.15, 0.2) is 0 Å². The Hall–Kier alpha value is -1.36. The summed E-state index contributed by atoms with van der Waals surface area (Å²) in [6, 6.07) is 5.52. The van der Waals surface area contributed by atoms with Gasteiger partial charge in [0.2, 0.25) is 5.91 Å². The molecule has 0 aromatic heterocycles. The van der Waals surface area contributed by atoms with Crippen molar-refractivity contribution in [3.63, 3.8) is 0 Å². The van der Waals surface area contributed by atoms with Crippen molar-refractivity contribution in [2.75, 3.05) is 13.1 Å². The lowest BCUT2D eigenvalue weighted by Crippen LogP contribution is -2.32. The number of nitrogens with zero attached hydrogens (tertiary/aromatic N) is 1. The Bertz CT molecular complexity index is 530. The Balaban J connectivity index is 2.17. The van der Waals surface area contributed by atoms with E-state index in [1.165, 1.54) is 0 Å². The Morgan fingerprint density at radius 3 is 2.58 bits per heavy atom. The molecule has 2 rings (SSSR count). The zero-order valence-corrected chi connectivity index (χ0v) is 12.6. The third kappa shape index (κ3) is 2.81. The number of nitrogens with two attached hydrogens (primary N) is 1. The largest absolute Gasteiger partial charge is 0.369 e. The first-order chi connectivity index (χ1) is 8.90. The third-order valence-electron chi connectivity index (χ3n) is 3.67. The molecule has 1 aromatic rings. The number of rotatable bonds is 2. The number of benzene rings is 1. The predicted octanol–water partition coefficient (Wildman–Crippen LogP) is 1.95. The lowest BCUT2D eigenvalue weighted by Gasteiger charge is -2.16. The van der Waals surface area contributed by atoms with E-state index in [1.807, 2.05) is 26.0 Å². The van der Waals surface area contributed by atoms with Gasteiger partial charge < -0.3 is 10.6 Å². The van der Waals surface area contributed by atoms with Crippen LogP contribution in [0.2, 0.25) is 0 Å². The summed E-state index contributed by atoms with van der Waals surface area (Å²) < 4.78 is 0.980. The van der Waals surface area contributed by atoms with Crippen LogP contribution >= 0.6 is 15.9 Å². The zero-order chi connectivity index (χ0) is 14.2. The van der Waals surface area contributed by atoms with E-state index in [0.717, 1.165) is 10.0 Å². The first-order valence-electron chi connectivity index (χ1n) is 6.25. The second-order valence-corrected chi connectivity index (χ2v) is 6.01. The average molecular weight is 325 g/mol. The van der Waals surface area contributed by atoms with Crippen LogP contribution in [0.15, 0.2) is 22.7 Å². The average Bonchev–Trinajstić information content (AvgIpc) is 2.74. The van der Waals surface area contributed by atoms with Crippen LogP contribution in [0.1, 0.15) is 22.8 Å². The first-order valence-corrected chi connectivity index (χ1v) is 7.04. The standard InChI is InChI=1S/C14H17BrN2O2/c1-8-5-10(3-4-12(8)15)14(19)17-6-9(2)11(7-17)13(16)18/h3-5,9,11H,6-7H2,1-2H3,(H2,16,18)/t9-,11-/m1/s1. The maximum Gasteiger partial charge on any atom is 0.253 e. The van der Waals surface area contributed by atoms with Crippen molar-refractivity contribution in [3.8, 4) is 0 Å². The minimum absolute atomic E-state index is 0.0359. The summed E-state index contributed by atoms with van der Waals surface area (Å²) in [5.74, 6) is -0.473. The maximum absolute atomic E-state index is 12.4. The van der Waals surface area contributed by atoms with Crippen molar-refractivity contribution in [2.24, 2.45) is 17.6 Å². The van der Waals surface area contributed by atoms with Gasteiger partial charge in [-0.15, -0.1) is 0 Å². The molecule has 0 saturated carbocycles. The van der Waals surface area contributed by atoms with Crippen LogP contribution < -0.4 is 5.73 Å². The van der Waals surface area contributed by atoms with E-state index >= 15 is 0 Å². The van der Waals surface area contributed by atoms with Gasteiger partial charge in [0.05, 0.1) is 5.92 Å². The highest BCUT2D eigenvalue weighted by Gasteiger charge is 2.36. The van der Waals surface area contributed by atoms with Crippen LogP contribution in [0.3, 0.4) is 0 Å². The number of carbonyl (C=O) groups is 2. The Morgan fingerprint density at radius 2 is 2.05 bits per heavy atom. The molecular weight excluding hydrogens is 308 g/mol. The second kappa shape index (κ2) is 5.33. The zero-order valence-electron chi connectivity index (χ0n) is 11.0. The van der Waals surface area contributed by atoms with Gasteiger partial charge in [-0.3, -0.25) is 9.59 Å². The SMILES string of the molecule is Cc1cc(C(=O)N2C[C@@H](C)[C@H](C(N)=O)C2)ccc1Br. The summed E-state index contributed by atoms with van der Waals surface area (Å²) in [4.78, 5) is 25.4. The van der Waals surface area contributed by atoms with E-state index in [-0.39, 0.29) is 23.7 Å². The van der Waals surface area contributed by atoms with Gasteiger partial charge in [0, 0.05) is 23.1 Å². The quantitative estimate of drug-likeness (QED) is 0.903. The molecule has 2 atom stereocenters. The molecule has 0 aliphatic carbocycles. The molecular formula is C14H17BrN2O2. The fourth-order valence-electron chi connectivity index (χ4n) is 2.46. The van der Waals surface area contributed by atoms with Crippen LogP contribution in [0, 0.1) is 18.8 Å². The van der Waals surface area contributed by atoms with Gasteiger partial charge in [0.25, 0.3) is 5.91 Å². The third-order valence-corrected chi connectivity index (χ3v) is 4.56. The lowest BCUT2D eigenvalue weighted by atomic mass is 9.98. The van der Waals surface area contributed by atoms with Crippen LogP contribution in [0.25, 0.3) is 0 Å². The lowest BCUT2D eigenvalue weighted by molar-refractivity contribution is -0.122. The number of amides is 2. The second-order valence-electron chi connectivity index (χ2n) is 5.16. The summed E-state index contributed by atoms with van der Waals surface area (Å²) in [6.07, 6.45) is 0. The van der Waals surface area contributed by atoms with Crippen molar-refractivity contribution in [1.82, 2.24) is 4.90 Å². The molecule has 0 unspecified atom stereocenters. The van der Waals surface area contributed by atoms with Gasteiger partial charge in [-0.1, -0.05) is 22.9 Å². The Kier molecular flexibility index (Phi) is 3.94. The van der Waals surface area contributed by atoms with Crippen LogP contribution in [0.5, 0.6) is 0 Å². The van der Waals surface area contributed by atoms with Gasteiger partial charge in [-0.05, 0) is 36.6 Å². The van der Waals surface area contributed by atoms with E-state index in [4.69, 9.17) is 5.73 Å². The summed E-state index contributed by atoms with van der Waals surface area (Å²) in [5.41, 5.74) is 7.02. The molecule has 1 fully saturated rings. The van der Waals surface area contributed by atoms with Crippen molar-refractivity contribution >= 4 is 27.7 Å². The highest BCUT2D eigenvalue weighted by atomic mass is 79.9. The van der Waals surface area contributed by atoms with E-state index in [0.29, 0.717) is 18.7 Å². The van der Waals surface area contributed by atoms with E-state index < -0.39 is 0 Å². The number of primary amides is 1. The van der Waals surface area contributed by atoms with Crippen LogP contribution in [0.4, 0.5) is 0 Å². The molecule has 1 aliphatic heterocycles. The monoisotopic (exact) mass is 324 g/mol. The molecule has 102 valence electrons. The maximum atomic E-state index is 12.4. The molecule has 1 aromatic carbocycles. The molecule has 4 nitrogen and oxygen atoms in total. The number of hydrogen-bond donors (Lipinski definition) is 1. The molecule has 0 radical (unpaired) electrons. The van der Waals surface area contributed by atoms with Gasteiger partial charge in [0.1, 0.15) is 0 Å². The van der Waals surface area contributed by atoms with Crippen LogP contribution in [-0.4, -0.2) is 29.8 Å². The molecule has 1 heterocycles. The number of hydrogen-bond acceptors (Lipinski definition) is 2. The van der Waals surface area contributed by atoms with E-state index in [1.54, 1.807) is 11.0 Å². The van der Waals surface area contributed by atoms with Crippen molar-refractivity contribution in [1.29, 1.82) is 0 Å². The summed E-state index contributed by atoms with van der Waals surface area (Å²) in [6.45, 7) is 4.90. The Morgan fingerprint density at radius 1 is 1.37 bits per heavy atom. The highest BCUT2D eigenvalue weighted by Crippen LogP contribution is 2.25. The number of aryl methyl sites for hydroxylation is 1. The van der Waals surface area contributed by atoms with Gasteiger partial charge in [-0.2, -0.15) is 0 Å². The van der Waals surface area contributed by atoms with Crippen molar-refractivity contribution in [3.05, 3.63) is 33.8 Å². The summed E-state index contributed by atoms with van der Waals surface area (Å²) >= 11 is 3.41. The van der Waals surface area contributed by atoms with E-state index in [2.05, 4.69) is 15.9 Å². The highest BCUT2D eigenvalue weighted by molar-refractivity contribution is 9.10. The summed E-state index contributed by atoms with van der Waals surface area (Å²) in [7, 11) is 0. The first kappa shape index (κ1) is 14.1. The van der Waals surface area contributed by atoms with Crippen molar-refractivity contribution < 1.29 is 9.59 Å². The molecule has 0 bridgehead atoms. The molecule has 2 N–H and O–H groups in total. The smallest absolute Gasteiger partial charge is 0.253 e.